The molecule has 32 heavy (non-hydrogen) atoms. The van der Waals surface area contributed by atoms with Gasteiger partial charge in [-0.2, -0.15) is 0 Å². The van der Waals surface area contributed by atoms with E-state index in [1.54, 1.807) is 7.11 Å². The summed E-state index contributed by atoms with van der Waals surface area (Å²) in [6.45, 7) is 3.86. The van der Waals surface area contributed by atoms with Crippen LogP contribution in [0.5, 0.6) is 5.75 Å². The zero-order chi connectivity index (χ0) is 22.3. The minimum absolute atomic E-state index is 0.0874. The van der Waals surface area contributed by atoms with Crippen LogP contribution in [-0.2, 0) is 11.3 Å². The van der Waals surface area contributed by atoms with E-state index in [0.29, 0.717) is 13.0 Å². The van der Waals surface area contributed by atoms with Crippen molar-refractivity contribution in [2.24, 2.45) is 0 Å². The first-order chi connectivity index (χ1) is 15.7. The van der Waals surface area contributed by atoms with Gasteiger partial charge in [0, 0.05) is 25.4 Å². The zero-order valence-electron chi connectivity index (χ0n) is 19.4. The van der Waals surface area contributed by atoms with E-state index in [2.05, 4.69) is 29.7 Å². The summed E-state index contributed by atoms with van der Waals surface area (Å²) in [5.74, 6) is 2.00. The Morgan fingerprint density at radius 2 is 1.69 bits per heavy atom. The quantitative estimate of drug-likeness (QED) is 0.333. The molecular weight excluding hydrogens is 398 g/mol. The Labute approximate surface area is 191 Å². The fraction of sp³-hybridized carbons (Fsp3) is 0.481. The highest BCUT2D eigenvalue weighted by Crippen LogP contribution is 2.37. The molecule has 0 radical (unpaired) electrons. The van der Waals surface area contributed by atoms with Crippen molar-refractivity contribution in [3.63, 3.8) is 0 Å². The Morgan fingerprint density at radius 1 is 0.969 bits per heavy atom. The second kappa shape index (κ2) is 10.7. The smallest absolute Gasteiger partial charge is 0.227 e. The van der Waals surface area contributed by atoms with Crippen molar-refractivity contribution in [1.29, 1.82) is 0 Å². The lowest BCUT2D eigenvalue weighted by molar-refractivity contribution is -0.117. The molecular formula is C27H35N3O2. The highest BCUT2D eigenvalue weighted by atomic mass is 16.5. The molecule has 0 bridgehead atoms. The van der Waals surface area contributed by atoms with Crippen LogP contribution in [0.25, 0.3) is 11.0 Å². The molecule has 1 atom stereocenters. The maximum absolute atomic E-state index is 13.0. The third kappa shape index (κ3) is 4.82. The van der Waals surface area contributed by atoms with E-state index in [4.69, 9.17) is 9.72 Å². The van der Waals surface area contributed by atoms with Crippen molar-refractivity contribution < 1.29 is 9.53 Å². The van der Waals surface area contributed by atoms with Crippen LogP contribution in [-0.4, -0.2) is 29.1 Å². The number of aryl methyl sites for hydroxylation is 1. The van der Waals surface area contributed by atoms with E-state index in [9.17, 15) is 4.79 Å². The molecule has 5 nitrogen and oxygen atoms in total. The van der Waals surface area contributed by atoms with Crippen molar-refractivity contribution in [3.05, 3.63) is 54.4 Å². The van der Waals surface area contributed by atoms with Crippen LogP contribution in [0.3, 0.4) is 0 Å². The standard InChI is InChI=1S/C27H35N3O2/c1-3-4-5-6-7-8-13-18-29-23-15-10-9-14-22(23)28-27(29)21-19-26(31)30(20-21)24-16-11-12-17-25(24)32-2/h9-12,14-17,21H,3-8,13,18-20H2,1-2H3/t21-/m0/s1. The molecule has 1 aliphatic heterocycles. The Bertz CT molecular complexity index is 1040. The summed E-state index contributed by atoms with van der Waals surface area (Å²) in [5.41, 5.74) is 3.04. The number of aromatic nitrogens is 2. The van der Waals surface area contributed by atoms with Gasteiger partial charge >= 0.3 is 0 Å². The molecule has 5 heteroatoms. The zero-order valence-corrected chi connectivity index (χ0v) is 19.4. The molecule has 0 unspecified atom stereocenters. The number of unbranched alkanes of at least 4 members (excludes halogenated alkanes) is 6. The van der Waals surface area contributed by atoms with Crippen LogP contribution in [0.15, 0.2) is 48.5 Å². The molecule has 0 aliphatic carbocycles. The van der Waals surface area contributed by atoms with Gasteiger partial charge in [0.15, 0.2) is 0 Å². The van der Waals surface area contributed by atoms with Gasteiger partial charge in [0.1, 0.15) is 11.6 Å². The number of rotatable bonds is 11. The van der Waals surface area contributed by atoms with E-state index in [-0.39, 0.29) is 11.8 Å². The number of amides is 1. The van der Waals surface area contributed by atoms with Gasteiger partial charge < -0.3 is 14.2 Å². The average molecular weight is 434 g/mol. The van der Waals surface area contributed by atoms with Gasteiger partial charge in [-0.1, -0.05) is 69.7 Å². The average Bonchev–Trinajstić information content (AvgIpc) is 3.39. The van der Waals surface area contributed by atoms with Crippen molar-refractivity contribution in [2.75, 3.05) is 18.6 Å². The van der Waals surface area contributed by atoms with Crippen LogP contribution in [0, 0.1) is 0 Å². The predicted octanol–water partition coefficient (Wildman–Crippen LogP) is 6.32. The van der Waals surface area contributed by atoms with Crippen molar-refractivity contribution in [3.8, 4) is 5.75 Å². The minimum Gasteiger partial charge on any atom is -0.495 e. The summed E-state index contributed by atoms with van der Waals surface area (Å²) >= 11 is 0. The molecule has 1 aromatic heterocycles. The highest BCUT2D eigenvalue weighted by Gasteiger charge is 2.35. The maximum Gasteiger partial charge on any atom is 0.227 e. The van der Waals surface area contributed by atoms with Crippen LogP contribution < -0.4 is 9.64 Å². The van der Waals surface area contributed by atoms with Gasteiger partial charge in [0.25, 0.3) is 0 Å². The first kappa shape index (κ1) is 22.4. The SMILES string of the molecule is CCCCCCCCCn1c([C@H]2CC(=O)N(c3ccccc3OC)C2)nc2ccccc21. The first-order valence-corrected chi connectivity index (χ1v) is 12.1. The van der Waals surface area contributed by atoms with E-state index in [1.165, 1.54) is 44.0 Å². The Morgan fingerprint density at radius 3 is 2.50 bits per heavy atom. The molecule has 1 fully saturated rings. The number of nitrogens with zero attached hydrogens (tertiary/aromatic N) is 3. The van der Waals surface area contributed by atoms with E-state index in [1.807, 2.05) is 35.2 Å². The second-order valence-electron chi connectivity index (χ2n) is 8.81. The van der Waals surface area contributed by atoms with Crippen LogP contribution in [0.1, 0.15) is 70.0 Å². The number of hydrogen-bond donors (Lipinski definition) is 0. The number of ether oxygens (including phenoxy) is 1. The fourth-order valence-corrected chi connectivity index (χ4v) is 4.83. The first-order valence-electron chi connectivity index (χ1n) is 12.1. The lowest BCUT2D eigenvalue weighted by Crippen LogP contribution is -2.25. The third-order valence-corrected chi connectivity index (χ3v) is 6.54. The largest absolute Gasteiger partial charge is 0.495 e. The van der Waals surface area contributed by atoms with Crippen LogP contribution in [0.4, 0.5) is 5.69 Å². The maximum atomic E-state index is 13.0. The number of benzene rings is 2. The second-order valence-corrected chi connectivity index (χ2v) is 8.81. The molecule has 2 heterocycles. The molecule has 1 saturated heterocycles. The molecule has 170 valence electrons. The van der Waals surface area contributed by atoms with Crippen molar-refractivity contribution >= 4 is 22.6 Å². The Balaban J connectivity index is 1.51. The molecule has 4 rings (SSSR count). The fourth-order valence-electron chi connectivity index (χ4n) is 4.83. The summed E-state index contributed by atoms with van der Waals surface area (Å²) in [6, 6.07) is 16.1. The third-order valence-electron chi connectivity index (χ3n) is 6.54. The molecule has 1 amide bonds. The van der Waals surface area contributed by atoms with Crippen LogP contribution >= 0.6 is 0 Å². The number of fused-ring (bicyclic) bond motifs is 1. The highest BCUT2D eigenvalue weighted by molar-refractivity contribution is 5.97. The molecule has 0 spiro atoms. The summed E-state index contributed by atoms with van der Waals surface area (Å²) in [7, 11) is 1.65. The summed E-state index contributed by atoms with van der Waals surface area (Å²) in [5, 5.41) is 0. The van der Waals surface area contributed by atoms with Gasteiger partial charge in [-0.15, -0.1) is 0 Å². The van der Waals surface area contributed by atoms with E-state index < -0.39 is 0 Å². The number of anilines is 1. The lowest BCUT2D eigenvalue weighted by atomic mass is 10.1. The van der Waals surface area contributed by atoms with Gasteiger partial charge in [-0.25, -0.2) is 4.98 Å². The van der Waals surface area contributed by atoms with Gasteiger partial charge in [0.2, 0.25) is 5.91 Å². The number of methoxy groups -OCH3 is 1. The Kier molecular flexibility index (Phi) is 7.46. The molecule has 0 saturated carbocycles. The summed E-state index contributed by atoms with van der Waals surface area (Å²) in [4.78, 5) is 19.8. The molecule has 0 N–H and O–H groups in total. The molecule has 1 aliphatic rings. The monoisotopic (exact) mass is 433 g/mol. The van der Waals surface area contributed by atoms with E-state index in [0.717, 1.165) is 35.7 Å². The summed E-state index contributed by atoms with van der Waals surface area (Å²) < 4.78 is 7.87. The topological polar surface area (TPSA) is 47.4 Å². The van der Waals surface area contributed by atoms with Crippen LogP contribution in [0.2, 0.25) is 0 Å². The van der Waals surface area contributed by atoms with E-state index >= 15 is 0 Å². The predicted molar refractivity (Wildman–Crippen MR) is 130 cm³/mol. The summed E-state index contributed by atoms with van der Waals surface area (Å²) in [6.07, 6.45) is 9.48. The normalized spacial score (nSPS) is 16.2. The number of hydrogen-bond acceptors (Lipinski definition) is 3. The van der Waals surface area contributed by atoms with Gasteiger partial charge in [-0.3, -0.25) is 4.79 Å². The molecule has 2 aromatic carbocycles. The molecule has 3 aromatic rings. The van der Waals surface area contributed by atoms with Crippen molar-refractivity contribution in [1.82, 2.24) is 9.55 Å². The number of para-hydroxylation sites is 4. The minimum atomic E-state index is 0.0874. The lowest BCUT2D eigenvalue weighted by Gasteiger charge is -2.19. The number of imidazole rings is 1. The number of carbonyl (C=O) groups is 1. The van der Waals surface area contributed by atoms with Crippen molar-refractivity contribution in [2.45, 2.75) is 70.8 Å². The number of carbonyl (C=O) groups excluding carboxylic acids is 1. The Hall–Kier alpha value is -2.82. The van der Waals surface area contributed by atoms with Gasteiger partial charge in [0.05, 0.1) is 23.8 Å². The van der Waals surface area contributed by atoms with Gasteiger partial charge in [-0.05, 0) is 30.7 Å².